The molecule has 2 N–H and O–H groups in total. The van der Waals surface area contributed by atoms with E-state index in [0.717, 1.165) is 18.4 Å². The van der Waals surface area contributed by atoms with Gasteiger partial charge >= 0.3 is 0 Å². The van der Waals surface area contributed by atoms with E-state index in [1.54, 1.807) is 0 Å². The summed E-state index contributed by atoms with van der Waals surface area (Å²) in [6.07, 6.45) is 7.92. The van der Waals surface area contributed by atoms with E-state index >= 15 is 0 Å². The molecule has 2 aliphatic rings. The summed E-state index contributed by atoms with van der Waals surface area (Å²) < 4.78 is 0. The quantitative estimate of drug-likeness (QED) is 0.428. The van der Waals surface area contributed by atoms with Crippen molar-refractivity contribution in [3.63, 3.8) is 0 Å². The van der Waals surface area contributed by atoms with Crippen molar-refractivity contribution in [3.8, 4) is 0 Å². The highest BCUT2D eigenvalue weighted by Gasteiger charge is 2.22. The van der Waals surface area contributed by atoms with Gasteiger partial charge < -0.3 is 15.5 Å². The number of hydrogen-bond acceptors (Lipinski definition) is 2. The molecule has 20 heavy (non-hydrogen) atoms. The zero-order chi connectivity index (χ0) is 13.5. The Kier molecular flexibility index (Phi) is 8.84. The molecule has 0 aromatic heterocycles. The minimum atomic E-state index is 0. The van der Waals surface area contributed by atoms with Gasteiger partial charge in [-0.25, -0.2) is 0 Å². The summed E-state index contributed by atoms with van der Waals surface area (Å²) in [5.74, 6) is 1.79. The lowest BCUT2D eigenvalue weighted by Crippen LogP contribution is -2.44. The van der Waals surface area contributed by atoms with Crippen LogP contribution in [0.3, 0.4) is 0 Å². The van der Waals surface area contributed by atoms with Crippen molar-refractivity contribution in [3.05, 3.63) is 0 Å². The predicted octanol–water partition coefficient (Wildman–Crippen LogP) is 2.44. The number of likely N-dealkylation sites (tertiary alicyclic amines) is 1. The molecule has 1 saturated heterocycles. The van der Waals surface area contributed by atoms with Crippen LogP contribution >= 0.6 is 24.0 Å². The molecule has 2 fully saturated rings. The zero-order valence-corrected chi connectivity index (χ0v) is 15.4. The van der Waals surface area contributed by atoms with Gasteiger partial charge in [0.2, 0.25) is 0 Å². The molecule has 4 nitrogen and oxygen atoms in total. The van der Waals surface area contributed by atoms with E-state index in [9.17, 15) is 0 Å². The monoisotopic (exact) mass is 394 g/mol. The van der Waals surface area contributed by atoms with Crippen LogP contribution in [-0.4, -0.2) is 50.1 Å². The summed E-state index contributed by atoms with van der Waals surface area (Å²) in [5.41, 5.74) is 0. The number of rotatable bonds is 5. The summed E-state index contributed by atoms with van der Waals surface area (Å²) in [5, 5.41) is 7.06. The van der Waals surface area contributed by atoms with E-state index in [1.165, 1.54) is 58.2 Å². The van der Waals surface area contributed by atoms with Crippen LogP contribution in [-0.2, 0) is 0 Å². The van der Waals surface area contributed by atoms with Crippen molar-refractivity contribution in [1.82, 2.24) is 15.5 Å². The molecular weight excluding hydrogens is 363 g/mol. The molecule has 0 aromatic rings. The van der Waals surface area contributed by atoms with Gasteiger partial charge in [-0.2, -0.15) is 0 Å². The molecule has 5 heteroatoms. The van der Waals surface area contributed by atoms with E-state index in [2.05, 4.69) is 27.4 Å². The van der Waals surface area contributed by atoms with Crippen molar-refractivity contribution in [2.75, 3.05) is 33.2 Å². The molecule has 2 rings (SSSR count). The molecule has 0 aromatic carbocycles. The maximum Gasteiger partial charge on any atom is 0.191 e. The predicted molar refractivity (Wildman–Crippen MR) is 97.0 cm³/mol. The highest BCUT2D eigenvalue weighted by molar-refractivity contribution is 14.0. The van der Waals surface area contributed by atoms with Crippen LogP contribution in [0.5, 0.6) is 0 Å². The molecule has 1 unspecified atom stereocenters. The maximum atomic E-state index is 4.35. The highest BCUT2D eigenvalue weighted by atomic mass is 127. The first-order valence-electron chi connectivity index (χ1n) is 8.01. The molecule has 0 spiro atoms. The van der Waals surface area contributed by atoms with Crippen LogP contribution in [0.25, 0.3) is 0 Å². The number of nitrogens with zero attached hydrogens (tertiary/aromatic N) is 2. The number of guanidine groups is 1. The third-order valence-electron chi connectivity index (χ3n) is 4.39. The first kappa shape index (κ1) is 18.0. The lowest BCUT2D eigenvalue weighted by Gasteiger charge is -2.19. The lowest BCUT2D eigenvalue weighted by atomic mass is 10.1. The standard InChI is InChI=1S/C15H30N4.HI/c1-3-9-19-10-8-13(12-19)11-17-15(16-2)18-14-6-4-5-7-14;/h13-14H,3-12H2,1-2H3,(H2,16,17,18);1H. The van der Waals surface area contributed by atoms with Gasteiger partial charge in [0.25, 0.3) is 0 Å². The summed E-state index contributed by atoms with van der Waals surface area (Å²) in [6, 6.07) is 0.645. The first-order valence-corrected chi connectivity index (χ1v) is 8.01. The fraction of sp³-hybridized carbons (Fsp3) is 0.933. The normalized spacial score (nSPS) is 24.7. The number of nitrogens with one attached hydrogen (secondary N) is 2. The lowest BCUT2D eigenvalue weighted by molar-refractivity contribution is 0.324. The molecule has 1 atom stereocenters. The number of halogens is 1. The second-order valence-corrected chi connectivity index (χ2v) is 6.03. The second kappa shape index (κ2) is 9.82. The Morgan fingerprint density at radius 3 is 2.65 bits per heavy atom. The average Bonchev–Trinajstić information content (AvgIpc) is 3.06. The van der Waals surface area contributed by atoms with E-state index in [0.29, 0.717) is 6.04 Å². The van der Waals surface area contributed by atoms with Crippen molar-refractivity contribution in [2.45, 2.75) is 51.5 Å². The molecule has 1 aliphatic heterocycles. The Balaban J connectivity index is 0.00000200. The first-order chi connectivity index (χ1) is 9.31. The fourth-order valence-corrected chi connectivity index (χ4v) is 3.30. The van der Waals surface area contributed by atoms with Gasteiger partial charge in [-0.3, -0.25) is 4.99 Å². The van der Waals surface area contributed by atoms with Crippen LogP contribution in [0.1, 0.15) is 45.4 Å². The molecule has 118 valence electrons. The molecule has 0 radical (unpaired) electrons. The Morgan fingerprint density at radius 1 is 1.25 bits per heavy atom. The van der Waals surface area contributed by atoms with Gasteiger partial charge in [-0.05, 0) is 44.7 Å². The Labute approximate surface area is 141 Å². The van der Waals surface area contributed by atoms with Gasteiger partial charge in [-0.1, -0.05) is 19.8 Å². The van der Waals surface area contributed by atoms with Gasteiger partial charge in [0.05, 0.1) is 0 Å². The molecule has 1 heterocycles. The average molecular weight is 394 g/mol. The van der Waals surface area contributed by atoms with Gasteiger partial charge in [0.15, 0.2) is 5.96 Å². The van der Waals surface area contributed by atoms with Crippen LogP contribution in [0.2, 0.25) is 0 Å². The number of aliphatic imine (C=N–C) groups is 1. The zero-order valence-electron chi connectivity index (χ0n) is 13.0. The third kappa shape index (κ3) is 5.76. The van der Waals surface area contributed by atoms with E-state index in [4.69, 9.17) is 0 Å². The smallest absolute Gasteiger partial charge is 0.191 e. The second-order valence-electron chi connectivity index (χ2n) is 6.03. The summed E-state index contributed by atoms with van der Waals surface area (Å²) in [4.78, 5) is 6.93. The minimum Gasteiger partial charge on any atom is -0.356 e. The summed E-state index contributed by atoms with van der Waals surface area (Å²) in [7, 11) is 1.88. The van der Waals surface area contributed by atoms with E-state index in [-0.39, 0.29) is 24.0 Å². The Hall–Kier alpha value is -0.0400. The fourth-order valence-electron chi connectivity index (χ4n) is 3.30. The van der Waals surface area contributed by atoms with E-state index in [1.807, 2.05) is 7.05 Å². The maximum absolute atomic E-state index is 4.35. The van der Waals surface area contributed by atoms with Crippen LogP contribution < -0.4 is 10.6 Å². The molecule has 0 amide bonds. The van der Waals surface area contributed by atoms with Crippen molar-refractivity contribution >= 4 is 29.9 Å². The minimum absolute atomic E-state index is 0. The largest absolute Gasteiger partial charge is 0.356 e. The van der Waals surface area contributed by atoms with Gasteiger partial charge in [0, 0.05) is 26.2 Å². The van der Waals surface area contributed by atoms with Gasteiger partial charge in [-0.15, -0.1) is 24.0 Å². The van der Waals surface area contributed by atoms with Crippen LogP contribution in [0.4, 0.5) is 0 Å². The molecule has 0 bridgehead atoms. The highest BCUT2D eigenvalue weighted by Crippen LogP contribution is 2.18. The van der Waals surface area contributed by atoms with Crippen molar-refractivity contribution < 1.29 is 0 Å². The van der Waals surface area contributed by atoms with E-state index < -0.39 is 0 Å². The third-order valence-corrected chi connectivity index (χ3v) is 4.39. The topological polar surface area (TPSA) is 39.7 Å². The van der Waals surface area contributed by atoms with Crippen LogP contribution in [0, 0.1) is 5.92 Å². The number of hydrogen-bond donors (Lipinski definition) is 2. The van der Waals surface area contributed by atoms with Crippen molar-refractivity contribution in [2.24, 2.45) is 10.9 Å². The molecular formula is C15H31IN4. The van der Waals surface area contributed by atoms with Crippen LogP contribution in [0.15, 0.2) is 4.99 Å². The summed E-state index contributed by atoms with van der Waals surface area (Å²) in [6.45, 7) is 7.10. The summed E-state index contributed by atoms with van der Waals surface area (Å²) >= 11 is 0. The SMILES string of the molecule is CCCN1CCC(CNC(=NC)NC2CCCC2)C1.I. The molecule has 1 saturated carbocycles. The van der Waals surface area contributed by atoms with Gasteiger partial charge in [0.1, 0.15) is 0 Å². The van der Waals surface area contributed by atoms with Crippen molar-refractivity contribution in [1.29, 1.82) is 0 Å². The molecule has 1 aliphatic carbocycles. The Morgan fingerprint density at radius 2 is 2.00 bits per heavy atom. The Bertz CT molecular complexity index is 290.